The molecule has 2 aliphatic rings. The zero-order chi connectivity index (χ0) is 14.4. The van der Waals surface area contributed by atoms with Gasteiger partial charge in [-0.25, -0.2) is 8.78 Å². The SMILES string of the molecule is Cc1cc(C(=O)N2CC3CCC(O)C3C2)c(F)cc1F. The topological polar surface area (TPSA) is 40.5 Å². The average Bonchev–Trinajstić information content (AvgIpc) is 2.96. The summed E-state index contributed by atoms with van der Waals surface area (Å²) in [5.41, 5.74) is 0.174. The van der Waals surface area contributed by atoms with Crippen LogP contribution in [0.3, 0.4) is 0 Å². The van der Waals surface area contributed by atoms with Gasteiger partial charge in [0.05, 0.1) is 11.7 Å². The molecule has 2 fully saturated rings. The van der Waals surface area contributed by atoms with E-state index < -0.39 is 17.5 Å². The summed E-state index contributed by atoms with van der Waals surface area (Å²) in [7, 11) is 0. The van der Waals surface area contributed by atoms with Crippen molar-refractivity contribution in [3.8, 4) is 0 Å². The van der Waals surface area contributed by atoms with E-state index in [1.807, 2.05) is 0 Å². The van der Waals surface area contributed by atoms with Gasteiger partial charge in [0.15, 0.2) is 0 Å². The first-order valence-electron chi connectivity index (χ1n) is 6.90. The minimum absolute atomic E-state index is 0.0848. The third-order valence-electron chi connectivity index (χ3n) is 4.58. The van der Waals surface area contributed by atoms with E-state index in [0.717, 1.165) is 18.9 Å². The number of hydrogen-bond acceptors (Lipinski definition) is 2. The molecule has 20 heavy (non-hydrogen) atoms. The Labute approximate surface area is 116 Å². The third kappa shape index (κ3) is 2.10. The Morgan fingerprint density at radius 3 is 2.70 bits per heavy atom. The number of amides is 1. The number of aryl methyl sites for hydroxylation is 1. The number of likely N-dealkylation sites (tertiary alicyclic amines) is 1. The highest BCUT2D eigenvalue weighted by molar-refractivity contribution is 5.95. The average molecular weight is 281 g/mol. The molecule has 1 saturated heterocycles. The van der Waals surface area contributed by atoms with E-state index in [1.165, 1.54) is 13.0 Å². The Morgan fingerprint density at radius 1 is 1.25 bits per heavy atom. The van der Waals surface area contributed by atoms with E-state index in [1.54, 1.807) is 4.90 Å². The number of aliphatic hydroxyl groups excluding tert-OH is 1. The molecule has 108 valence electrons. The van der Waals surface area contributed by atoms with E-state index in [9.17, 15) is 18.7 Å². The van der Waals surface area contributed by atoms with Crippen molar-refractivity contribution in [2.24, 2.45) is 11.8 Å². The van der Waals surface area contributed by atoms with Crippen LogP contribution in [0.4, 0.5) is 8.78 Å². The number of fused-ring (bicyclic) bond motifs is 1. The number of benzene rings is 1. The molecule has 1 aromatic carbocycles. The largest absolute Gasteiger partial charge is 0.393 e. The smallest absolute Gasteiger partial charge is 0.256 e. The van der Waals surface area contributed by atoms with Crippen molar-refractivity contribution < 1.29 is 18.7 Å². The minimum atomic E-state index is -0.823. The lowest BCUT2D eigenvalue weighted by Crippen LogP contribution is -2.31. The fourth-order valence-electron chi connectivity index (χ4n) is 3.39. The second-order valence-corrected chi connectivity index (χ2v) is 5.86. The normalized spacial score (nSPS) is 28.8. The molecule has 1 saturated carbocycles. The summed E-state index contributed by atoms with van der Waals surface area (Å²) in [5.74, 6) is -1.47. The van der Waals surface area contributed by atoms with Gasteiger partial charge in [-0.1, -0.05) is 0 Å². The molecule has 1 aliphatic heterocycles. The van der Waals surface area contributed by atoms with Crippen LogP contribution in [0.25, 0.3) is 0 Å². The number of nitrogens with zero attached hydrogens (tertiary/aromatic N) is 1. The highest BCUT2D eigenvalue weighted by atomic mass is 19.1. The summed E-state index contributed by atoms with van der Waals surface area (Å²) in [6.45, 7) is 2.52. The molecule has 0 aromatic heterocycles. The van der Waals surface area contributed by atoms with Crippen LogP contribution in [0.15, 0.2) is 12.1 Å². The molecule has 0 bridgehead atoms. The van der Waals surface area contributed by atoms with Gasteiger partial charge in [-0.05, 0) is 37.3 Å². The van der Waals surface area contributed by atoms with Gasteiger partial charge >= 0.3 is 0 Å². The summed E-state index contributed by atoms with van der Waals surface area (Å²) in [6, 6.07) is 2.02. The van der Waals surface area contributed by atoms with Crippen LogP contribution in [0, 0.1) is 30.4 Å². The molecule has 3 atom stereocenters. The van der Waals surface area contributed by atoms with Crippen LogP contribution >= 0.6 is 0 Å². The zero-order valence-electron chi connectivity index (χ0n) is 11.3. The number of hydrogen-bond donors (Lipinski definition) is 1. The Bertz CT molecular complexity index is 561. The molecule has 1 heterocycles. The molecule has 5 heteroatoms. The Kier molecular flexibility index (Phi) is 3.24. The maximum atomic E-state index is 13.8. The molecule has 1 N–H and O–H groups in total. The van der Waals surface area contributed by atoms with Crippen LogP contribution in [-0.2, 0) is 0 Å². The van der Waals surface area contributed by atoms with E-state index in [0.29, 0.717) is 19.0 Å². The second-order valence-electron chi connectivity index (χ2n) is 5.86. The molecule has 3 nitrogen and oxygen atoms in total. The van der Waals surface area contributed by atoms with Crippen molar-refractivity contribution in [1.29, 1.82) is 0 Å². The Hall–Kier alpha value is -1.49. The Balaban J connectivity index is 1.82. The zero-order valence-corrected chi connectivity index (χ0v) is 11.3. The molecular weight excluding hydrogens is 264 g/mol. The van der Waals surface area contributed by atoms with E-state index >= 15 is 0 Å². The second kappa shape index (κ2) is 4.81. The molecule has 3 rings (SSSR count). The van der Waals surface area contributed by atoms with Crippen LogP contribution in [0.5, 0.6) is 0 Å². The summed E-state index contributed by atoms with van der Waals surface area (Å²) < 4.78 is 27.0. The van der Waals surface area contributed by atoms with Crippen LogP contribution in [0.1, 0.15) is 28.8 Å². The van der Waals surface area contributed by atoms with Crippen molar-refractivity contribution in [2.45, 2.75) is 25.9 Å². The number of aliphatic hydroxyl groups is 1. The predicted molar refractivity (Wildman–Crippen MR) is 69.2 cm³/mol. The number of carbonyl (C=O) groups is 1. The molecule has 0 radical (unpaired) electrons. The Morgan fingerprint density at radius 2 is 2.00 bits per heavy atom. The van der Waals surface area contributed by atoms with Gasteiger partial charge in [-0.3, -0.25) is 4.79 Å². The van der Waals surface area contributed by atoms with Crippen LogP contribution < -0.4 is 0 Å². The molecule has 3 unspecified atom stereocenters. The van der Waals surface area contributed by atoms with Gasteiger partial charge in [0.1, 0.15) is 11.6 Å². The van der Waals surface area contributed by atoms with E-state index in [4.69, 9.17) is 0 Å². The first-order valence-corrected chi connectivity index (χ1v) is 6.90. The molecule has 0 spiro atoms. The monoisotopic (exact) mass is 281 g/mol. The maximum Gasteiger partial charge on any atom is 0.256 e. The van der Waals surface area contributed by atoms with Gasteiger partial charge in [0, 0.05) is 25.1 Å². The maximum absolute atomic E-state index is 13.8. The van der Waals surface area contributed by atoms with E-state index in [2.05, 4.69) is 0 Å². The molecule has 1 amide bonds. The van der Waals surface area contributed by atoms with Crippen LogP contribution in [0.2, 0.25) is 0 Å². The summed E-state index contributed by atoms with van der Waals surface area (Å²) >= 11 is 0. The van der Waals surface area contributed by atoms with Gasteiger partial charge in [0.2, 0.25) is 0 Å². The fourth-order valence-corrected chi connectivity index (χ4v) is 3.39. The van der Waals surface area contributed by atoms with Gasteiger partial charge in [-0.2, -0.15) is 0 Å². The highest BCUT2D eigenvalue weighted by Gasteiger charge is 2.43. The fraction of sp³-hybridized carbons (Fsp3) is 0.533. The van der Waals surface area contributed by atoms with Crippen molar-refractivity contribution in [1.82, 2.24) is 4.90 Å². The van der Waals surface area contributed by atoms with Gasteiger partial charge in [-0.15, -0.1) is 0 Å². The standard InChI is InChI=1S/C15H17F2NO2/c1-8-4-10(13(17)5-12(8)16)15(20)18-6-9-2-3-14(19)11(9)7-18/h4-5,9,11,14,19H,2-3,6-7H2,1H3. The van der Waals surface area contributed by atoms with Crippen molar-refractivity contribution in [3.05, 3.63) is 34.9 Å². The number of carbonyl (C=O) groups excluding carboxylic acids is 1. The molecule has 1 aromatic rings. The van der Waals surface area contributed by atoms with Crippen molar-refractivity contribution >= 4 is 5.91 Å². The lowest BCUT2D eigenvalue weighted by molar-refractivity contribution is 0.0747. The molecule has 1 aliphatic carbocycles. The first kappa shape index (κ1) is 13.5. The summed E-state index contributed by atoms with van der Waals surface area (Å²) in [5, 5.41) is 9.84. The summed E-state index contributed by atoms with van der Waals surface area (Å²) in [6.07, 6.45) is 1.32. The third-order valence-corrected chi connectivity index (χ3v) is 4.58. The van der Waals surface area contributed by atoms with Crippen LogP contribution in [-0.4, -0.2) is 35.1 Å². The highest BCUT2D eigenvalue weighted by Crippen LogP contribution is 2.38. The van der Waals surface area contributed by atoms with Crippen molar-refractivity contribution in [3.63, 3.8) is 0 Å². The van der Waals surface area contributed by atoms with Gasteiger partial charge in [0.25, 0.3) is 5.91 Å². The lowest BCUT2D eigenvalue weighted by atomic mass is 10.00. The summed E-state index contributed by atoms with van der Waals surface area (Å²) in [4.78, 5) is 13.9. The van der Waals surface area contributed by atoms with Gasteiger partial charge < -0.3 is 10.0 Å². The first-order chi connectivity index (χ1) is 9.47. The minimum Gasteiger partial charge on any atom is -0.393 e. The molecular formula is C15H17F2NO2. The number of rotatable bonds is 1. The van der Waals surface area contributed by atoms with Crippen molar-refractivity contribution in [2.75, 3.05) is 13.1 Å². The van der Waals surface area contributed by atoms with E-state index in [-0.39, 0.29) is 23.1 Å². The quantitative estimate of drug-likeness (QED) is 0.856. The lowest BCUT2D eigenvalue weighted by Gasteiger charge is -2.19. The predicted octanol–water partition coefficient (Wildman–Crippen LogP) is 2.12. The number of halogens is 2.